The number of aromatic nitrogens is 3. The molecule has 5 rings (SSSR count). The Kier molecular flexibility index (Phi) is 5.02. The fraction of sp³-hybridized carbons (Fsp3) is 0.435. The zero-order chi connectivity index (χ0) is 21.5. The Morgan fingerprint density at radius 2 is 1.90 bits per heavy atom. The van der Waals surface area contributed by atoms with Gasteiger partial charge in [-0.25, -0.2) is 14.8 Å². The zero-order valence-electron chi connectivity index (χ0n) is 17.6. The average Bonchev–Trinajstić information content (AvgIpc) is 3.37. The number of benzene rings is 1. The largest absolute Gasteiger partial charge is 0.487 e. The number of hydrogen-bond donors (Lipinski definition) is 1. The third-order valence-electron chi connectivity index (χ3n) is 6.60. The normalized spacial score (nSPS) is 25.5. The van der Waals surface area contributed by atoms with Gasteiger partial charge >= 0.3 is 5.97 Å². The number of anilines is 1. The minimum atomic E-state index is -0.589. The molecule has 4 atom stereocenters. The summed E-state index contributed by atoms with van der Waals surface area (Å²) >= 11 is 0. The van der Waals surface area contributed by atoms with Crippen LogP contribution in [0.25, 0.3) is 11.0 Å². The summed E-state index contributed by atoms with van der Waals surface area (Å²) in [6.45, 7) is 1.71. The van der Waals surface area contributed by atoms with Crippen LogP contribution in [0.1, 0.15) is 23.2 Å². The summed E-state index contributed by atoms with van der Waals surface area (Å²) in [5.74, 6) is 1.71. The van der Waals surface area contributed by atoms with Gasteiger partial charge in [-0.05, 0) is 42.9 Å². The van der Waals surface area contributed by atoms with Crippen LogP contribution in [0, 0.1) is 11.8 Å². The molecular weight excluding hydrogens is 396 g/mol. The van der Waals surface area contributed by atoms with Gasteiger partial charge in [0.2, 0.25) is 0 Å². The van der Waals surface area contributed by atoms with Gasteiger partial charge in [0.25, 0.3) is 0 Å². The number of para-hydroxylation sites is 1. The first-order valence-electron chi connectivity index (χ1n) is 10.6. The number of fused-ring (bicyclic) bond motifs is 2. The summed E-state index contributed by atoms with van der Waals surface area (Å²) in [5.41, 5.74) is 1.29. The molecule has 3 aromatic rings. The average molecular weight is 422 g/mol. The van der Waals surface area contributed by atoms with Gasteiger partial charge in [-0.1, -0.05) is 12.1 Å². The van der Waals surface area contributed by atoms with Crippen LogP contribution >= 0.6 is 0 Å². The SMILES string of the molecule is COC(=O)c1ccccc1O[C@@H]1C[C@@H]2CN(c3ncnc4c3ccn4C)C[C@@H]2C[C@H]1O. The molecule has 1 N–H and O–H groups in total. The number of carbonyl (C=O) groups excluding carboxylic acids is 1. The molecule has 2 aromatic heterocycles. The second-order valence-electron chi connectivity index (χ2n) is 8.47. The molecule has 0 radical (unpaired) electrons. The third kappa shape index (κ3) is 3.50. The lowest BCUT2D eigenvalue weighted by molar-refractivity contribution is -0.0237. The monoisotopic (exact) mass is 422 g/mol. The number of nitrogens with zero attached hydrogens (tertiary/aromatic N) is 4. The van der Waals surface area contributed by atoms with E-state index in [0.29, 0.717) is 29.6 Å². The Balaban J connectivity index is 1.34. The number of methoxy groups -OCH3 is 1. The summed E-state index contributed by atoms with van der Waals surface area (Å²) in [6, 6.07) is 9.07. The fourth-order valence-electron chi connectivity index (χ4n) is 5.02. The molecule has 0 spiro atoms. The van der Waals surface area contributed by atoms with Crippen molar-refractivity contribution in [2.45, 2.75) is 25.0 Å². The van der Waals surface area contributed by atoms with Gasteiger partial charge in [0, 0.05) is 26.3 Å². The van der Waals surface area contributed by atoms with Gasteiger partial charge in [0.05, 0.1) is 18.6 Å². The molecule has 3 heterocycles. The predicted octanol–water partition coefficient (Wildman–Crippen LogP) is 2.41. The van der Waals surface area contributed by atoms with Crippen LogP contribution in [0.5, 0.6) is 5.75 Å². The van der Waals surface area contributed by atoms with Gasteiger partial charge in [0.15, 0.2) is 0 Å². The van der Waals surface area contributed by atoms with E-state index in [1.165, 1.54) is 7.11 Å². The molecule has 162 valence electrons. The van der Waals surface area contributed by atoms with Gasteiger partial charge in [0.1, 0.15) is 35.2 Å². The van der Waals surface area contributed by atoms with Crippen molar-refractivity contribution in [3.63, 3.8) is 0 Å². The maximum atomic E-state index is 12.1. The second kappa shape index (κ2) is 7.85. The highest BCUT2D eigenvalue weighted by molar-refractivity contribution is 5.92. The van der Waals surface area contributed by atoms with Gasteiger partial charge in [-0.15, -0.1) is 0 Å². The van der Waals surface area contributed by atoms with Crippen LogP contribution in [-0.2, 0) is 11.8 Å². The highest BCUT2D eigenvalue weighted by atomic mass is 16.5. The fourth-order valence-corrected chi connectivity index (χ4v) is 5.02. The predicted molar refractivity (Wildman–Crippen MR) is 115 cm³/mol. The Bertz CT molecular complexity index is 1110. The summed E-state index contributed by atoms with van der Waals surface area (Å²) in [5, 5.41) is 11.9. The quantitative estimate of drug-likeness (QED) is 0.646. The highest BCUT2D eigenvalue weighted by Crippen LogP contribution is 2.40. The molecule has 0 amide bonds. The van der Waals surface area contributed by atoms with E-state index in [-0.39, 0.29) is 6.10 Å². The van der Waals surface area contributed by atoms with Crippen LogP contribution in [0.3, 0.4) is 0 Å². The molecule has 1 saturated carbocycles. The number of carbonyl (C=O) groups is 1. The maximum Gasteiger partial charge on any atom is 0.341 e. The van der Waals surface area contributed by atoms with Crippen LogP contribution in [0.15, 0.2) is 42.9 Å². The van der Waals surface area contributed by atoms with Crippen molar-refractivity contribution in [1.29, 1.82) is 0 Å². The van der Waals surface area contributed by atoms with Crippen molar-refractivity contribution in [1.82, 2.24) is 14.5 Å². The minimum Gasteiger partial charge on any atom is -0.487 e. The van der Waals surface area contributed by atoms with Crippen molar-refractivity contribution in [3.8, 4) is 5.75 Å². The number of esters is 1. The van der Waals surface area contributed by atoms with E-state index in [1.807, 2.05) is 23.9 Å². The molecular formula is C23H26N4O4. The molecule has 1 aliphatic carbocycles. The number of ether oxygens (including phenoxy) is 2. The lowest BCUT2D eigenvalue weighted by Crippen LogP contribution is -2.42. The van der Waals surface area contributed by atoms with E-state index in [4.69, 9.17) is 9.47 Å². The Morgan fingerprint density at radius 3 is 2.71 bits per heavy atom. The molecule has 0 unspecified atom stereocenters. The van der Waals surface area contributed by atoms with Gasteiger partial charge in [-0.3, -0.25) is 0 Å². The molecule has 1 saturated heterocycles. The Hall–Kier alpha value is -3.13. The van der Waals surface area contributed by atoms with Crippen molar-refractivity contribution < 1.29 is 19.4 Å². The van der Waals surface area contributed by atoms with E-state index in [9.17, 15) is 9.90 Å². The third-order valence-corrected chi connectivity index (χ3v) is 6.60. The summed E-state index contributed by atoms with van der Waals surface area (Å²) in [4.78, 5) is 23.3. The van der Waals surface area contributed by atoms with Crippen LogP contribution < -0.4 is 9.64 Å². The standard InChI is InChI=1S/C23H26N4O4/c1-26-8-7-17-21(26)24-13-25-22(17)27-11-14-9-18(28)20(10-15(14)12-27)31-19-6-4-3-5-16(19)23(29)30-2/h3-8,13-15,18,20,28H,9-12H2,1-2H3/t14-,15+,18+,20+/m0/s1. The van der Waals surface area contributed by atoms with Crippen LogP contribution in [-0.4, -0.2) is 58.0 Å². The van der Waals surface area contributed by atoms with Crippen LogP contribution in [0.2, 0.25) is 0 Å². The first-order valence-corrected chi connectivity index (χ1v) is 10.6. The van der Waals surface area contributed by atoms with Crippen molar-refractivity contribution >= 4 is 22.8 Å². The van der Waals surface area contributed by atoms with Crippen LogP contribution in [0.4, 0.5) is 5.82 Å². The molecule has 8 nitrogen and oxygen atoms in total. The van der Waals surface area contributed by atoms with E-state index >= 15 is 0 Å². The Morgan fingerprint density at radius 1 is 1.13 bits per heavy atom. The number of aliphatic hydroxyl groups excluding tert-OH is 1. The topological polar surface area (TPSA) is 89.7 Å². The molecule has 1 aromatic carbocycles. The van der Waals surface area contributed by atoms with Crippen molar-refractivity contribution in [2.75, 3.05) is 25.1 Å². The maximum absolute atomic E-state index is 12.1. The number of aliphatic hydroxyl groups is 1. The number of hydrogen-bond acceptors (Lipinski definition) is 7. The molecule has 31 heavy (non-hydrogen) atoms. The molecule has 2 fully saturated rings. The summed E-state index contributed by atoms with van der Waals surface area (Å²) in [7, 11) is 3.33. The van der Waals surface area contributed by atoms with E-state index in [1.54, 1.807) is 24.5 Å². The molecule has 8 heteroatoms. The van der Waals surface area contributed by atoms with Crippen molar-refractivity contribution in [3.05, 3.63) is 48.4 Å². The lowest BCUT2D eigenvalue weighted by Gasteiger charge is -2.35. The minimum absolute atomic E-state index is 0.367. The first kappa shape index (κ1) is 19.8. The summed E-state index contributed by atoms with van der Waals surface area (Å²) in [6.07, 6.45) is 4.04. The molecule has 2 aliphatic rings. The molecule has 0 bridgehead atoms. The Labute approximate surface area is 180 Å². The summed E-state index contributed by atoms with van der Waals surface area (Å²) < 4.78 is 13.0. The van der Waals surface area contributed by atoms with E-state index in [2.05, 4.69) is 20.9 Å². The lowest BCUT2D eigenvalue weighted by atomic mass is 9.78. The zero-order valence-corrected chi connectivity index (χ0v) is 17.6. The van der Waals surface area contributed by atoms with Gasteiger partial charge in [-0.2, -0.15) is 0 Å². The van der Waals surface area contributed by atoms with Crippen molar-refractivity contribution in [2.24, 2.45) is 18.9 Å². The van der Waals surface area contributed by atoms with Gasteiger partial charge < -0.3 is 24.0 Å². The second-order valence-corrected chi connectivity index (χ2v) is 8.47. The van der Waals surface area contributed by atoms with E-state index in [0.717, 1.165) is 36.4 Å². The number of rotatable bonds is 4. The first-order chi connectivity index (χ1) is 15.0. The number of aryl methyl sites for hydroxylation is 1. The highest BCUT2D eigenvalue weighted by Gasteiger charge is 2.43. The smallest absolute Gasteiger partial charge is 0.341 e. The van der Waals surface area contributed by atoms with E-state index < -0.39 is 12.1 Å². The molecule has 1 aliphatic heterocycles.